The van der Waals surface area contributed by atoms with E-state index >= 15 is 0 Å². The van der Waals surface area contributed by atoms with Gasteiger partial charge >= 0.3 is 0 Å². The summed E-state index contributed by atoms with van der Waals surface area (Å²) in [6, 6.07) is 5.47. The molecule has 0 radical (unpaired) electrons. The molecule has 1 amide bonds. The van der Waals surface area contributed by atoms with Crippen molar-refractivity contribution in [1.29, 1.82) is 0 Å². The average molecular weight is 302 g/mol. The maximum atomic E-state index is 11.8. The van der Waals surface area contributed by atoms with Gasteiger partial charge in [0.05, 0.1) is 4.92 Å². The minimum Gasteiger partial charge on any atom is -0.341 e. The summed E-state index contributed by atoms with van der Waals surface area (Å²) in [5.41, 5.74) is 0.684. The Labute approximate surface area is 126 Å². The normalized spacial score (nSPS) is 12.3. The number of rotatable bonds is 5. The molecule has 2 rings (SSSR count). The van der Waals surface area contributed by atoms with E-state index in [2.05, 4.69) is 15.5 Å². The van der Waals surface area contributed by atoms with Crippen LogP contribution in [0.25, 0.3) is 6.08 Å². The molecule has 1 N–H and O–H groups in total. The molecule has 1 unspecified atom stereocenters. The number of aromatic nitrogens is 2. The summed E-state index contributed by atoms with van der Waals surface area (Å²) in [5, 5.41) is 16.9. The second-order valence-electron chi connectivity index (χ2n) is 4.59. The van der Waals surface area contributed by atoms with Gasteiger partial charge in [0.25, 0.3) is 5.69 Å². The van der Waals surface area contributed by atoms with Gasteiger partial charge in [-0.2, -0.15) is 4.98 Å². The predicted molar refractivity (Wildman–Crippen MR) is 77.7 cm³/mol. The highest BCUT2D eigenvalue weighted by molar-refractivity contribution is 5.91. The van der Waals surface area contributed by atoms with E-state index in [1.807, 2.05) is 0 Å². The van der Waals surface area contributed by atoms with Crippen LogP contribution in [-0.4, -0.2) is 21.0 Å². The Morgan fingerprint density at radius 1 is 1.41 bits per heavy atom. The number of aryl methyl sites for hydroxylation is 1. The number of benzene rings is 1. The van der Waals surface area contributed by atoms with Crippen molar-refractivity contribution in [3.05, 3.63) is 57.7 Å². The van der Waals surface area contributed by atoms with Crippen LogP contribution in [0.4, 0.5) is 5.69 Å². The minimum absolute atomic E-state index is 0.00184. The molecule has 1 aromatic heterocycles. The van der Waals surface area contributed by atoms with Crippen LogP contribution in [0.1, 0.15) is 30.2 Å². The van der Waals surface area contributed by atoms with E-state index in [4.69, 9.17) is 4.52 Å². The number of nitrogens with zero attached hydrogens (tertiary/aromatic N) is 3. The molecule has 0 aliphatic carbocycles. The molecule has 1 aromatic carbocycles. The molecule has 1 heterocycles. The lowest BCUT2D eigenvalue weighted by molar-refractivity contribution is -0.384. The molecule has 0 bridgehead atoms. The van der Waals surface area contributed by atoms with Gasteiger partial charge < -0.3 is 9.84 Å². The zero-order chi connectivity index (χ0) is 16.1. The number of nitrogens with one attached hydrogen (secondary N) is 1. The second-order valence-corrected chi connectivity index (χ2v) is 4.59. The zero-order valence-electron chi connectivity index (χ0n) is 12.0. The van der Waals surface area contributed by atoms with E-state index in [0.29, 0.717) is 17.3 Å². The van der Waals surface area contributed by atoms with Gasteiger partial charge in [0, 0.05) is 18.2 Å². The predicted octanol–water partition coefficient (Wildman–Crippen LogP) is 2.18. The number of hydrogen-bond acceptors (Lipinski definition) is 6. The smallest absolute Gasteiger partial charge is 0.269 e. The van der Waals surface area contributed by atoms with Gasteiger partial charge in [-0.05, 0) is 37.6 Å². The summed E-state index contributed by atoms with van der Waals surface area (Å²) in [6.45, 7) is 3.42. The SMILES string of the molecule is Cc1noc(C(C)NC(=O)/C=C/c2ccc([N+](=O)[O-])cc2)n1. The van der Waals surface area contributed by atoms with Gasteiger partial charge in [-0.15, -0.1) is 0 Å². The molecular weight excluding hydrogens is 288 g/mol. The fourth-order valence-electron chi connectivity index (χ4n) is 1.69. The number of carbonyl (C=O) groups is 1. The van der Waals surface area contributed by atoms with Gasteiger partial charge in [0.2, 0.25) is 11.8 Å². The Bertz CT molecular complexity index is 706. The highest BCUT2D eigenvalue weighted by Gasteiger charge is 2.14. The Kier molecular flexibility index (Phi) is 4.62. The van der Waals surface area contributed by atoms with E-state index in [1.54, 1.807) is 32.1 Å². The number of nitro groups is 1. The first kappa shape index (κ1) is 15.4. The van der Waals surface area contributed by atoms with Crippen LogP contribution in [0.2, 0.25) is 0 Å². The van der Waals surface area contributed by atoms with Crippen LogP contribution < -0.4 is 5.32 Å². The molecule has 22 heavy (non-hydrogen) atoms. The van der Waals surface area contributed by atoms with Crippen molar-refractivity contribution in [3.63, 3.8) is 0 Å². The molecule has 0 fully saturated rings. The first-order valence-corrected chi connectivity index (χ1v) is 6.49. The fraction of sp³-hybridized carbons (Fsp3) is 0.214. The third kappa shape index (κ3) is 3.98. The maximum absolute atomic E-state index is 11.8. The number of hydrogen-bond donors (Lipinski definition) is 1. The maximum Gasteiger partial charge on any atom is 0.269 e. The van der Waals surface area contributed by atoms with Crippen LogP contribution in [-0.2, 0) is 4.79 Å². The first-order chi connectivity index (χ1) is 10.5. The summed E-state index contributed by atoms with van der Waals surface area (Å²) < 4.78 is 4.96. The van der Waals surface area contributed by atoms with Gasteiger partial charge in [0.15, 0.2) is 5.82 Å². The number of nitro benzene ring substituents is 1. The molecule has 2 aromatic rings. The van der Waals surface area contributed by atoms with Crippen LogP contribution >= 0.6 is 0 Å². The van der Waals surface area contributed by atoms with E-state index in [1.165, 1.54) is 18.2 Å². The van der Waals surface area contributed by atoms with Gasteiger partial charge in [-0.1, -0.05) is 5.16 Å². The molecule has 114 valence electrons. The Morgan fingerprint density at radius 2 is 2.09 bits per heavy atom. The Morgan fingerprint density at radius 3 is 2.64 bits per heavy atom. The summed E-state index contributed by atoms with van der Waals surface area (Å²) in [4.78, 5) is 25.9. The molecule has 0 aliphatic rings. The number of carbonyl (C=O) groups excluding carboxylic acids is 1. The standard InChI is InChI=1S/C14H14N4O4/c1-9(14-16-10(2)17-22-14)15-13(19)8-5-11-3-6-12(7-4-11)18(20)21/h3-9H,1-2H3,(H,15,19)/b8-5+. The van der Waals surface area contributed by atoms with Gasteiger partial charge in [0.1, 0.15) is 6.04 Å². The van der Waals surface area contributed by atoms with E-state index in [0.717, 1.165) is 0 Å². The molecule has 0 spiro atoms. The summed E-state index contributed by atoms with van der Waals surface area (Å²) >= 11 is 0. The van der Waals surface area contributed by atoms with Crippen LogP contribution in [0.15, 0.2) is 34.9 Å². The van der Waals surface area contributed by atoms with Gasteiger partial charge in [-0.3, -0.25) is 14.9 Å². The first-order valence-electron chi connectivity index (χ1n) is 6.49. The zero-order valence-corrected chi connectivity index (χ0v) is 12.0. The van der Waals surface area contributed by atoms with Gasteiger partial charge in [-0.25, -0.2) is 0 Å². The molecule has 8 heteroatoms. The summed E-state index contributed by atoms with van der Waals surface area (Å²) in [7, 11) is 0. The summed E-state index contributed by atoms with van der Waals surface area (Å²) in [6.07, 6.45) is 2.89. The molecule has 0 saturated heterocycles. The molecule has 0 aliphatic heterocycles. The highest BCUT2D eigenvalue weighted by atomic mass is 16.6. The molecule has 1 atom stereocenters. The number of non-ortho nitro benzene ring substituents is 1. The second kappa shape index (κ2) is 6.61. The highest BCUT2D eigenvalue weighted by Crippen LogP contribution is 2.13. The van der Waals surface area contributed by atoms with E-state index < -0.39 is 11.0 Å². The molecule has 8 nitrogen and oxygen atoms in total. The fourth-order valence-corrected chi connectivity index (χ4v) is 1.69. The van der Waals surface area contributed by atoms with Crippen molar-refractivity contribution in [2.24, 2.45) is 0 Å². The Balaban J connectivity index is 1.94. The van der Waals surface area contributed by atoms with E-state index in [9.17, 15) is 14.9 Å². The average Bonchev–Trinajstić information content (AvgIpc) is 2.92. The minimum atomic E-state index is -0.478. The largest absolute Gasteiger partial charge is 0.341 e. The Hall–Kier alpha value is -3.03. The van der Waals surface area contributed by atoms with Crippen molar-refractivity contribution in [2.75, 3.05) is 0 Å². The molecule has 0 saturated carbocycles. The molecular formula is C14H14N4O4. The monoisotopic (exact) mass is 302 g/mol. The lowest BCUT2D eigenvalue weighted by atomic mass is 10.2. The number of amides is 1. The van der Waals surface area contributed by atoms with Crippen LogP contribution in [0, 0.1) is 17.0 Å². The van der Waals surface area contributed by atoms with Crippen molar-refractivity contribution in [2.45, 2.75) is 19.9 Å². The van der Waals surface area contributed by atoms with Crippen molar-refractivity contribution in [3.8, 4) is 0 Å². The lowest BCUT2D eigenvalue weighted by Gasteiger charge is -2.06. The van der Waals surface area contributed by atoms with Crippen LogP contribution in [0.3, 0.4) is 0 Å². The summed E-state index contributed by atoms with van der Waals surface area (Å²) in [5.74, 6) is 0.494. The third-order valence-electron chi connectivity index (χ3n) is 2.80. The third-order valence-corrected chi connectivity index (χ3v) is 2.80. The van der Waals surface area contributed by atoms with Crippen molar-refractivity contribution >= 4 is 17.7 Å². The van der Waals surface area contributed by atoms with Crippen LogP contribution in [0.5, 0.6) is 0 Å². The van der Waals surface area contributed by atoms with Crippen molar-refractivity contribution in [1.82, 2.24) is 15.5 Å². The van der Waals surface area contributed by atoms with E-state index in [-0.39, 0.29) is 11.6 Å². The lowest BCUT2D eigenvalue weighted by Crippen LogP contribution is -2.24. The quantitative estimate of drug-likeness (QED) is 0.514. The topological polar surface area (TPSA) is 111 Å². The van der Waals surface area contributed by atoms with Crippen molar-refractivity contribution < 1.29 is 14.2 Å².